The first-order valence-corrected chi connectivity index (χ1v) is 4.49. The summed E-state index contributed by atoms with van der Waals surface area (Å²) in [5.74, 6) is -0.134. The molecule has 0 atom stereocenters. The number of hydrogen-bond acceptors (Lipinski definition) is 2. The molecule has 3 heteroatoms. The Labute approximate surface area is 83.6 Å². The van der Waals surface area contributed by atoms with Gasteiger partial charge in [0.25, 0.3) is 5.91 Å². The van der Waals surface area contributed by atoms with Crippen LogP contribution in [0.5, 0.6) is 0 Å². The molecule has 0 aliphatic rings. The average Bonchev–Trinajstić information content (AvgIpc) is 2.18. The lowest BCUT2D eigenvalue weighted by molar-refractivity contribution is 0.0955. The van der Waals surface area contributed by atoms with Gasteiger partial charge in [-0.25, -0.2) is 0 Å². The van der Waals surface area contributed by atoms with Crippen LogP contribution in [-0.4, -0.2) is 12.5 Å². The summed E-state index contributed by atoms with van der Waals surface area (Å²) in [4.78, 5) is 11.5. The van der Waals surface area contributed by atoms with Crippen molar-refractivity contribution in [2.75, 3.05) is 12.3 Å². The number of para-hydroxylation sites is 1. The Morgan fingerprint density at radius 3 is 2.86 bits per heavy atom. The number of benzene rings is 1. The number of anilines is 1. The third kappa shape index (κ3) is 2.62. The fourth-order valence-corrected chi connectivity index (χ4v) is 1.09. The molecule has 0 heterocycles. The first kappa shape index (κ1) is 10.3. The topological polar surface area (TPSA) is 55.1 Å². The van der Waals surface area contributed by atoms with E-state index in [1.165, 1.54) is 0 Å². The van der Waals surface area contributed by atoms with E-state index in [1.54, 1.807) is 30.3 Å². The summed E-state index contributed by atoms with van der Waals surface area (Å²) in [5.41, 5.74) is 6.67. The van der Waals surface area contributed by atoms with Crippen molar-refractivity contribution in [2.24, 2.45) is 0 Å². The van der Waals surface area contributed by atoms with Crippen molar-refractivity contribution < 1.29 is 4.79 Å². The standard InChI is InChI=1S/C11H14N2O/c1-2-3-8-13-11(14)9-6-4-5-7-10(9)12/h2,4-7H,1,3,8,12H2,(H,13,14). The van der Waals surface area contributed by atoms with Gasteiger partial charge in [-0.05, 0) is 18.6 Å². The van der Waals surface area contributed by atoms with Crippen molar-refractivity contribution >= 4 is 11.6 Å². The Balaban J connectivity index is 2.60. The maximum absolute atomic E-state index is 11.5. The van der Waals surface area contributed by atoms with E-state index in [9.17, 15) is 4.79 Å². The molecule has 1 amide bonds. The van der Waals surface area contributed by atoms with Crippen LogP contribution in [0.4, 0.5) is 5.69 Å². The molecule has 14 heavy (non-hydrogen) atoms. The number of nitrogen functional groups attached to an aromatic ring is 1. The SMILES string of the molecule is C=CCCNC(=O)c1ccccc1N. The summed E-state index contributed by atoms with van der Waals surface area (Å²) in [6.45, 7) is 4.17. The van der Waals surface area contributed by atoms with Crippen LogP contribution in [0.15, 0.2) is 36.9 Å². The minimum absolute atomic E-state index is 0.134. The number of nitrogens with one attached hydrogen (secondary N) is 1. The predicted molar refractivity (Wildman–Crippen MR) is 58.0 cm³/mol. The summed E-state index contributed by atoms with van der Waals surface area (Å²) in [6, 6.07) is 7.01. The van der Waals surface area contributed by atoms with Crippen molar-refractivity contribution in [3.05, 3.63) is 42.5 Å². The minimum atomic E-state index is -0.134. The molecule has 0 fully saturated rings. The van der Waals surface area contributed by atoms with E-state index >= 15 is 0 Å². The molecule has 0 saturated heterocycles. The molecule has 1 rings (SSSR count). The molecule has 0 aliphatic carbocycles. The molecule has 1 aromatic rings. The van der Waals surface area contributed by atoms with E-state index in [4.69, 9.17) is 5.73 Å². The molecule has 1 aromatic carbocycles. The van der Waals surface area contributed by atoms with Crippen LogP contribution >= 0.6 is 0 Å². The molecule has 74 valence electrons. The fourth-order valence-electron chi connectivity index (χ4n) is 1.09. The zero-order valence-corrected chi connectivity index (χ0v) is 7.99. The Hall–Kier alpha value is -1.77. The average molecular weight is 190 g/mol. The van der Waals surface area contributed by atoms with Gasteiger partial charge in [-0.3, -0.25) is 4.79 Å². The monoisotopic (exact) mass is 190 g/mol. The third-order valence-corrected chi connectivity index (χ3v) is 1.84. The van der Waals surface area contributed by atoms with Crippen LogP contribution in [0.3, 0.4) is 0 Å². The van der Waals surface area contributed by atoms with E-state index in [2.05, 4.69) is 11.9 Å². The Bertz CT molecular complexity index is 334. The number of rotatable bonds is 4. The third-order valence-electron chi connectivity index (χ3n) is 1.84. The van der Waals surface area contributed by atoms with Crippen LogP contribution in [0.1, 0.15) is 16.8 Å². The highest BCUT2D eigenvalue weighted by atomic mass is 16.1. The number of nitrogens with two attached hydrogens (primary N) is 1. The first-order chi connectivity index (χ1) is 6.75. The summed E-state index contributed by atoms with van der Waals surface area (Å²) in [5, 5.41) is 2.75. The molecule has 0 radical (unpaired) electrons. The number of carbonyl (C=O) groups is 1. The maximum atomic E-state index is 11.5. The molecule has 3 nitrogen and oxygen atoms in total. The summed E-state index contributed by atoms with van der Waals surface area (Å²) >= 11 is 0. The van der Waals surface area contributed by atoms with Crippen LogP contribution in [0.2, 0.25) is 0 Å². The highest BCUT2D eigenvalue weighted by molar-refractivity contribution is 5.98. The normalized spacial score (nSPS) is 9.43. The van der Waals surface area contributed by atoms with Gasteiger partial charge in [-0.15, -0.1) is 6.58 Å². The second-order valence-electron chi connectivity index (χ2n) is 2.92. The van der Waals surface area contributed by atoms with Crippen molar-refractivity contribution in [1.29, 1.82) is 0 Å². The van der Waals surface area contributed by atoms with E-state index in [1.807, 2.05) is 0 Å². The van der Waals surface area contributed by atoms with E-state index in [0.717, 1.165) is 6.42 Å². The molecular formula is C11H14N2O. The smallest absolute Gasteiger partial charge is 0.253 e. The lowest BCUT2D eigenvalue weighted by Crippen LogP contribution is -2.24. The van der Waals surface area contributed by atoms with Crippen LogP contribution in [0.25, 0.3) is 0 Å². The molecule has 0 bridgehead atoms. The van der Waals surface area contributed by atoms with Crippen LogP contribution < -0.4 is 11.1 Å². The predicted octanol–water partition coefficient (Wildman–Crippen LogP) is 1.57. The Kier molecular flexibility index (Phi) is 3.73. The molecular weight excluding hydrogens is 176 g/mol. The highest BCUT2D eigenvalue weighted by Gasteiger charge is 2.06. The van der Waals surface area contributed by atoms with Crippen LogP contribution in [0, 0.1) is 0 Å². The van der Waals surface area contributed by atoms with Gasteiger partial charge in [-0.1, -0.05) is 18.2 Å². The lowest BCUT2D eigenvalue weighted by atomic mass is 10.1. The van der Waals surface area contributed by atoms with Gasteiger partial charge in [0.1, 0.15) is 0 Å². The van der Waals surface area contributed by atoms with Crippen molar-refractivity contribution in [1.82, 2.24) is 5.32 Å². The van der Waals surface area contributed by atoms with Gasteiger partial charge < -0.3 is 11.1 Å². The number of carbonyl (C=O) groups excluding carboxylic acids is 1. The van der Waals surface area contributed by atoms with Gasteiger partial charge in [-0.2, -0.15) is 0 Å². The quantitative estimate of drug-likeness (QED) is 0.430. The molecule has 0 aromatic heterocycles. The Morgan fingerprint density at radius 2 is 2.21 bits per heavy atom. The van der Waals surface area contributed by atoms with Crippen molar-refractivity contribution in [2.45, 2.75) is 6.42 Å². The zero-order chi connectivity index (χ0) is 10.4. The van der Waals surface area contributed by atoms with E-state index in [-0.39, 0.29) is 5.91 Å². The summed E-state index contributed by atoms with van der Waals surface area (Å²) < 4.78 is 0. The second-order valence-corrected chi connectivity index (χ2v) is 2.92. The molecule has 3 N–H and O–H groups in total. The van der Waals surface area contributed by atoms with Crippen LogP contribution in [-0.2, 0) is 0 Å². The molecule has 0 aliphatic heterocycles. The van der Waals surface area contributed by atoms with Gasteiger partial charge in [0.15, 0.2) is 0 Å². The minimum Gasteiger partial charge on any atom is -0.398 e. The molecule has 0 spiro atoms. The van der Waals surface area contributed by atoms with Gasteiger partial charge in [0.2, 0.25) is 0 Å². The van der Waals surface area contributed by atoms with Crippen molar-refractivity contribution in [3.8, 4) is 0 Å². The first-order valence-electron chi connectivity index (χ1n) is 4.49. The largest absolute Gasteiger partial charge is 0.398 e. The van der Waals surface area contributed by atoms with Gasteiger partial charge in [0.05, 0.1) is 5.56 Å². The summed E-state index contributed by atoms with van der Waals surface area (Å²) in [6.07, 6.45) is 2.52. The molecule has 0 unspecified atom stereocenters. The van der Waals surface area contributed by atoms with E-state index < -0.39 is 0 Å². The van der Waals surface area contributed by atoms with Gasteiger partial charge in [0, 0.05) is 12.2 Å². The zero-order valence-electron chi connectivity index (χ0n) is 7.99. The second kappa shape index (κ2) is 5.07. The number of hydrogen-bond donors (Lipinski definition) is 2. The number of amides is 1. The van der Waals surface area contributed by atoms with E-state index in [0.29, 0.717) is 17.8 Å². The highest BCUT2D eigenvalue weighted by Crippen LogP contribution is 2.09. The molecule has 0 saturated carbocycles. The van der Waals surface area contributed by atoms with Crippen molar-refractivity contribution in [3.63, 3.8) is 0 Å². The Morgan fingerprint density at radius 1 is 1.50 bits per heavy atom. The fraction of sp³-hybridized carbons (Fsp3) is 0.182. The van der Waals surface area contributed by atoms with Gasteiger partial charge >= 0.3 is 0 Å². The lowest BCUT2D eigenvalue weighted by Gasteiger charge is -2.05. The maximum Gasteiger partial charge on any atom is 0.253 e. The summed E-state index contributed by atoms with van der Waals surface area (Å²) in [7, 11) is 0.